The van der Waals surface area contributed by atoms with Crippen LogP contribution in [0.4, 0.5) is 5.82 Å². The minimum Gasteiger partial charge on any atom is -0.497 e. The van der Waals surface area contributed by atoms with Crippen molar-refractivity contribution >= 4 is 23.3 Å². The normalized spacial score (nSPS) is 10.8. The van der Waals surface area contributed by atoms with E-state index in [2.05, 4.69) is 12.2 Å². The summed E-state index contributed by atoms with van der Waals surface area (Å²) in [4.78, 5) is 12.5. The van der Waals surface area contributed by atoms with E-state index in [-0.39, 0.29) is 5.91 Å². The highest BCUT2D eigenvalue weighted by molar-refractivity contribution is 6.30. The summed E-state index contributed by atoms with van der Waals surface area (Å²) in [5, 5.41) is 8.43. The lowest BCUT2D eigenvalue weighted by atomic mass is 10.1. The summed E-state index contributed by atoms with van der Waals surface area (Å²) < 4.78 is 6.99. The van der Waals surface area contributed by atoms with Crippen LogP contribution in [0.2, 0.25) is 5.02 Å². The third-order valence-electron chi connectivity index (χ3n) is 4.94. The van der Waals surface area contributed by atoms with Gasteiger partial charge in [-0.1, -0.05) is 56.3 Å². The summed E-state index contributed by atoms with van der Waals surface area (Å²) >= 11 is 6.01. The number of hydrogen-bond donors (Lipinski definition) is 1. The van der Waals surface area contributed by atoms with Crippen molar-refractivity contribution in [1.29, 1.82) is 0 Å². The van der Waals surface area contributed by atoms with Crippen LogP contribution < -0.4 is 10.1 Å². The lowest BCUT2D eigenvalue weighted by molar-refractivity contribution is -0.116. The zero-order valence-corrected chi connectivity index (χ0v) is 18.3. The van der Waals surface area contributed by atoms with Gasteiger partial charge in [-0.25, -0.2) is 4.68 Å². The Bertz CT molecular complexity index is 950. The van der Waals surface area contributed by atoms with E-state index in [1.54, 1.807) is 11.8 Å². The zero-order chi connectivity index (χ0) is 21.3. The Labute approximate surface area is 183 Å². The molecule has 5 nitrogen and oxygen atoms in total. The molecule has 3 aromatic rings. The largest absolute Gasteiger partial charge is 0.497 e. The van der Waals surface area contributed by atoms with Gasteiger partial charge in [-0.15, -0.1) is 0 Å². The molecule has 0 aliphatic rings. The van der Waals surface area contributed by atoms with Crippen molar-refractivity contribution in [3.8, 4) is 22.7 Å². The van der Waals surface area contributed by atoms with E-state index in [0.29, 0.717) is 17.3 Å². The summed E-state index contributed by atoms with van der Waals surface area (Å²) in [5.74, 6) is 1.41. The fraction of sp³-hybridized carbons (Fsp3) is 0.333. The molecule has 1 aromatic heterocycles. The van der Waals surface area contributed by atoms with Crippen LogP contribution in [0.5, 0.6) is 5.75 Å². The smallest absolute Gasteiger partial charge is 0.225 e. The highest BCUT2D eigenvalue weighted by Gasteiger charge is 2.14. The molecule has 2 aromatic carbocycles. The first kappa shape index (κ1) is 21.9. The fourth-order valence-corrected chi connectivity index (χ4v) is 3.37. The van der Waals surface area contributed by atoms with E-state index in [1.807, 2.05) is 54.6 Å². The molecule has 0 atom stereocenters. The van der Waals surface area contributed by atoms with Gasteiger partial charge in [0.25, 0.3) is 0 Å². The number of carbonyl (C=O) groups excluding carboxylic acids is 1. The number of anilines is 1. The molecule has 6 heteroatoms. The molecule has 1 heterocycles. The molecule has 0 bridgehead atoms. The number of halogens is 1. The maximum absolute atomic E-state index is 12.5. The second kappa shape index (κ2) is 10.8. The van der Waals surface area contributed by atoms with E-state index < -0.39 is 0 Å². The van der Waals surface area contributed by atoms with Gasteiger partial charge >= 0.3 is 0 Å². The van der Waals surface area contributed by atoms with Crippen molar-refractivity contribution < 1.29 is 9.53 Å². The lowest BCUT2D eigenvalue weighted by Crippen LogP contribution is -2.14. The van der Waals surface area contributed by atoms with Gasteiger partial charge in [0.2, 0.25) is 5.91 Å². The lowest BCUT2D eigenvalue weighted by Gasteiger charge is -2.09. The van der Waals surface area contributed by atoms with E-state index in [4.69, 9.17) is 21.4 Å². The Morgan fingerprint density at radius 1 is 1.03 bits per heavy atom. The number of rotatable bonds is 10. The minimum absolute atomic E-state index is 0.00353. The van der Waals surface area contributed by atoms with Crippen molar-refractivity contribution in [2.45, 2.75) is 45.4 Å². The van der Waals surface area contributed by atoms with Crippen molar-refractivity contribution in [1.82, 2.24) is 9.78 Å². The quantitative estimate of drug-likeness (QED) is 0.377. The summed E-state index contributed by atoms with van der Waals surface area (Å²) in [5.41, 5.74) is 2.54. The van der Waals surface area contributed by atoms with Crippen LogP contribution in [0, 0.1) is 0 Å². The van der Waals surface area contributed by atoms with Gasteiger partial charge in [-0.05, 0) is 42.8 Å². The Morgan fingerprint density at radius 2 is 1.73 bits per heavy atom. The summed E-state index contributed by atoms with van der Waals surface area (Å²) in [7, 11) is 1.63. The summed E-state index contributed by atoms with van der Waals surface area (Å²) in [6, 6.07) is 17.0. The number of ether oxygens (including phenoxy) is 1. The molecule has 1 N–H and O–H groups in total. The van der Waals surface area contributed by atoms with Crippen LogP contribution in [-0.4, -0.2) is 22.8 Å². The number of aromatic nitrogens is 2. The molecule has 0 radical (unpaired) electrons. The first-order valence-electron chi connectivity index (χ1n) is 10.4. The molecule has 0 aliphatic carbocycles. The molecule has 0 unspecified atom stereocenters. The van der Waals surface area contributed by atoms with Gasteiger partial charge in [0, 0.05) is 23.1 Å². The number of methoxy groups -OCH3 is 1. The molecule has 30 heavy (non-hydrogen) atoms. The van der Waals surface area contributed by atoms with Gasteiger partial charge in [0.15, 0.2) is 0 Å². The van der Waals surface area contributed by atoms with E-state index in [1.165, 1.54) is 19.3 Å². The Kier molecular flexibility index (Phi) is 7.91. The maximum Gasteiger partial charge on any atom is 0.225 e. The Balaban J connectivity index is 1.81. The Morgan fingerprint density at radius 3 is 2.40 bits per heavy atom. The zero-order valence-electron chi connectivity index (χ0n) is 17.5. The molecule has 1 amide bonds. The highest BCUT2D eigenvalue weighted by Crippen LogP contribution is 2.27. The minimum atomic E-state index is 0.00353. The number of carbonyl (C=O) groups is 1. The molecular weight excluding hydrogens is 398 g/mol. The third-order valence-corrected chi connectivity index (χ3v) is 5.19. The first-order valence-corrected chi connectivity index (χ1v) is 10.8. The average molecular weight is 426 g/mol. The molecule has 0 fully saturated rings. The fourth-order valence-electron chi connectivity index (χ4n) is 3.25. The van der Waals surface area contributed by atoms with Crippen LogP contribution in [-0.2, 0) is 4.79 Å². The van der Waals surface area contributed by atoms with Gasteiger partial charge in [-0.3, -0.25) is 4.79 Å². The molecule has 158 valence electrons. The molecule has 0 spiro atoms. The maximum atomic E-state index is 12.5. The predicted octanol–water partition coefficient (Wildman–Crippen LogP) is 6.50. The SMILES string of the molecule is CCCCCCCC(=O)Nc1cc(-c2ccc(Cl)cc2)nn1-c1ccc(OC)cc1. The highest BCUT2D eigenvalue weighted by atomic mass is 35.5. The monoisotopic (exact) mass is 425 g/mol. The predicted molar refractivity (Wildman–Crippen MR) is 123 cm³/mol. The number of unbranched alkanes of at least 4 members (excludes halogenated alkanes) is 4. The molecule has 0 saturated carbocycles. The number of nitrogens with one attached hydrogen (secondary N) is 1. The second-order valence-electron chi connectivity index (χ2n) is 7.24. The number of nitrogens with zero attached hydrogens (tertiary/aromatic N) is 2. The summed E-state index contributed by atoms with van der Waals surface area (Å²) in [6.45, 7) is 2.19. The first-order chi connectivity index (χ1) is 14.6. The second-order valence-corrected chi connectivity index (χ2v) is 7.68. The van der Waals surface area contributed by atoms with Gasteiger partial charge in [0.05, 0.1) is 18.5 Å². The van der Waals surface area contributed by atoms with E-state index >= 15 is 0 Å². The molecular formula is C24H28ClN3O2. The molecule has 0 saturated heterocycles. The standard InChI is InChI=1S/C24H28ClN3O2/c1-3-4-5-6-7-8-24(29)26-23-17-22(18-9-11-19(25)12-10-18)27-28(23)20-13-15-21(30-2)16-14-20/h9-17H,3-8H2,1-2H3,(H,26,29). The van der Waals surface area contributed by atoms with E-state index in [0.717, 1.165) is 35.5 Å². The van der Waals surface area contributed by atoms with Crippen molar-refractivity contribution in [3.63, 3.8) is 0 Å². The molecule has 3 rings (SSSR count). The van der Waals surface area contributed by atoms with Crippen molar-refractivity contribution in [3.05, 3.63) is 59.6 Å². The van der Waals surface area contributed by atoms with Gasteiger partial charge in [-0.2, -0.15) is 5.10 Å². The number of benzene rings is 2. The number of hydrogen-bond acceptors (Lipinski definition) is 3. The summed E-state index contributed by atoms with van der Waals surface area (Å²) in [6.07, 6.45) is 6.07. The van der Waals surface area contributed by atoms with Crippen LogP contribution in [0.25, 0.3) is 16.9 Å². The Hall–Kier alpha value is -2.79. The topological polar surface area (TPSA) is 56.2 Å². The van der Waals surface area contributed by atoms with Crippen LogP contribution >= 0.6 is 11.6 Å². The van der Waals surface area contributed by atoms with Crippen LogP contribution in [0.3, 0.4) is 0 Å². The van der Waals surface area contributed by atoms with Crippen molar-refractivity contribution in [2.24, 2.45) is 0 Å². The average Bonchev–Trinajstić information content (AvgIpc) is 3.17. The van der Waals surface area contributed by atoms with Gasteiger partial charge < -0.3 is 10.1 Å². The third kappa shape index (κ3) is 5.86. The van der Waals surface area contributed by atoms with E-state index in [9.17, 15) is 4.79 Å². The molecule has 0 aliphatic heterocycles. The van der Waals surface area contributed by atoms with Crippen molar-refractivity contribution in [2.75, 3.05) is 12.4 Å². The van der Waals surface area contributed by atoms with Crippen LogP contribution in [0.1, 0.15) is 45.4 Å². The van der Waals surface area contributed by atoms with Crippen LogP contribution in [0.15, 0.2) is 54.6 Å². The van der Waals surface area contributed by atoms with Gasteiger partial charge in [0.1, 0.15) is 11.6 Å². The number of amides is 1.